The number of benzene rings is 2. The second-order valence-electron chi connectivity index (χ2n) is 10.0. The smallest absolute Gasteiger partial charge is 0.309 e. The molecule has 2 aromatic rings. The highest BCUT2D eigenvalue weighted by molar-refractivity contribution is 6.99. The Labute approximate surface area is 181 Å². The predicted molar refractivity (Wildman–Crippen MR) is 123 cm³/mol. The summed E-state index contributed by atoms with van der Waals surface area (Å²) in [5.41, 5.74) is -0.998. The Bertz CT molecular complexity index is 822. The maximum atomic E-state index is 12.0. The summed E-state index contributed by atoms with van der Waals surface area (Å²) in [5.74, 6) is -1.01. The summed E-state index contributed by atoms with van der Waals surface area (Å²) < 4.78 is 7.16. The Hall–Kier alpha value is -1.95. The van der Waals surface area contributed by atoms with Crippen LogP contribution in [0.1, 0.15) is 47.5 Å². The Morgan fingerprint density at radius 1 is 1.00 bits per heavy atom. The van der Waals surface area contributed by atoms with Crippen LogP contribution in [-0.2, 0) is 9.22 Å². The summed E-state index contributed by atoms with van der Waals surface area (Å²) in [7, 11) is -2.81. The van der Waals surface area contributed by atoms with Crippen LogP contribution in [0.15, 0.2) is 60.7 Å². The first-order valence-corrected chi connectivity index (χ1v) is 12.6. The molecule has 0 unspecified atom stereocenters. The number of carbonyl (C=O) groups is 1. The second-order valence-corrected chi connectivity index (χ2v) is 14.3. The molecule has 2 N–H and O–H groups in total. The van der Waals surface area contributed by atoms with E-state index in [2.05, 4.69) is 45.0 Å². The third kappa shape index (κ3) is 3.98. The lowest BCUT2D eigenvalue weighted by Gasteiger charge is -2.50. The van der Waals surface area contributed by atoms with Gasteiger partial charge in [0.1, 0.15) is 0 Å². The number of carboxylic acid groups (broad SMARTS) is 1. The van der Waals surface area contributed by atoms with E-state index >= 15 is 0 Å². The van der Waals surface area contributed by atoms with Crippen LogP contribution in [0.5, 0.6) is 0 Å². The molecular formula is C25H34O4Si. The van der Waals surface area contributed by atoms with Gasteiger partial charge >= 0.3 is 5.97 Å². The highest BCUT2D eigenvalue weighted by Crippen LogP contribution is 2.45. The Balaban J connectivity index is 2.17. The largest absolute Gasteiger partial charge is 0.481 e. The van der Waals surface area contributed by atoms with Gasteiger partial charge in [-0.15, -0.1) is 0 Å². The number of aliphatic hydroxyl groups excluding tert-OH is 1. The molecule has 4 nitrogen and oxygen atoms in total. The standard InChI is InChI=1S/C25H34O4Si/c1-18-21(26)16-25(5,23(27)28)17-22(18)29-30(24(2,3)4,19-12-8-6-9-13-19)20-14-10-7-11-15-20/h6-15,18,21-22,26H,16-17H2,1-5H3,(H,27,28)/t18-,21-,22-,25-/m1/s1. The number of carboxylic acids is 1. The van der Waals surface area contributed by atoms with Gasteiger partial charge in [0.2, 0.25) is 0 Å². The molecule has 0 aromatic heterocycles. The minimum Gasteiger partial charge on any atom is -0.481 e. The van der Waals surface area contributed by atoms with Crippen LogP contribution in [0.25, 0.3) is 0 Å². The third-order valence-corrected chi connectivity index (χ3v) is 11.8. The molecule has 0 radical (unpaired) electrons. The van der Waals surface area contributed by atoms with E-state index in [1.54, 1.807) is 6.92 Å². The Kier molecular flexibility index (Phi) is 6.28. The first-order chi connectivity index (χ1) is 14.0. The molecule has 0 aliphatic heterocycles. The summed E-state index contributed by atoms with van der Waals surface area (Å²) in [6.45, 7) is 10.3. The number of aliphatic hydroxyl groups is 1. The van der Waals surface area contributed by atoms with Crippen LogP contribution in [-0.4, -0.2) is 36.7 Å². The molecule has 1 aliphatic carbocycles. The summed E-state index contributed by atoms with van der Waals surface area (Å²) in [5, 5.41) is 22.7. The number of aliphatic carboxylic acids is 1. The van der Waals surface area contributed by atoms with E-state index in [0.717, 1.165) is 10.4 Å². The molecule has 0 amide bonds. The average Bonchev–Trinajstić information content (AvgIpc) is 2.70. The van der Waals surface area contributed by atoms with Crippen LogP contribution in [0.2, 0.25) is 5.04 Å². The SMILES string of the molecule is C[C@@H]1[C@H](O)C[C@@](C)(C(=O)O)C[C@H]1O[Si](c1ccccc1)(c1ccccc1)C(C)(C)C. The van der Waals surface area contributed by atoms with Crippen molar-refractivity contribution in [3.8, 4) is 0 Å². The lowest BCUT2D eigenvalue weighted by atomic mass is 9.69. The molecule has 162 valence electrons. The minimum absolute atomic E-state index is 0.140. The van der Waals surface area contributed by atoms with Gasteiger partial charge in [-0.3, -0.25) is 4.79 Å². The monoisotopic (exact) mass is 426 g/mol. The van der Waals surface area contributed by atoms with Crippen molar-refractivity contribution in [2.45, 2.75) is 64.7 Å². The molecule has 0 heterocycles. The van der Waals surface area contributed by atoms with Crippen molar-refractivity contribution < 1.29 is 19.4 Å². The predicted octanol–water partition coefficient (Wildman–Crippen LogP) is 3.81. The fourth-order valence-electron chi connectivity index (χ4n) is 4.85. The summed E-state index contributed by atoms with van der Waals surface area (Å²) >= 11 is 0. The van der Waals surface area contributed by atoms with Crippen LogP contribution >= 0.6 is 0 Å². The van der Waals surface area contributed by atoms with Crippen molar-refractivity contribution in [3.05, 3.63) is 60.7 Å². The fourth-order valence-corrected chi connectivity index (χ4v) is 9.62. The molecule has 5 heteroatoms. The molecule has 1 fully saturated rings. The fraction of sp³-hybridized carbons (Fsp3) is 0.480. The van der Waals surface area contributed by atoms with Crippen molar-refractivity contribution in [1.82, 2.24) is 0 Å². The van der Waals surface area contributed by atoms with E-state index < -0.39 is 25.8 Å². The molecule has 1 saturated carbocycles. The van der Waals surface area contributed by atoms with Gasteiger partial charge < -0.3 is 14.6 Å². The van der Waals surface area contributed by atoms with Gasteiger partial charge in [-0.05, 0) is 35.2 Å². The lowest BCUT2D eigenvalue weighted by Crippen LogP contribution is -2.69. The molecule has 0 spiro atoms. The first kappa shape index (κ1) is 22.7. The highest BCUT2D eigenvalue weighted by atomic mass is 28.4. The maximum Gasteiger partial charge on any atom is 0.309 e. The molecule has 4 atom stereocenters. The summed E-state index contributed by atoms with van der Waals surface area (Å²) in [6.07, 6.45) is -0.404. The zero-order valence-electron chi connectivity index (χ0n) is 18.6. The Morgan fingerprint density at radius 3 is 1.87 bits per heavy atom. The molecule has 1 aliphatic rings. The van der Waals surface area contributed by atoms with Gasteiger partial charge in [-0.25, -0.2) is 0 Å². The molecular weight excluding hydrogens is 392 g/mol. The van der Waals surface area contributed by atoms with E-state index in [1.165, 1.54) is 0 Å². The van der Waals surface area contributed by atoms with Gasteiger partial charge in [-0.2, -0.15) is 0 Å². The molecule has 30 heavy (non-hydrogen) atoms. The normalized spacial score (nSPS) is 27.6. The van der Waals surface area contributed by atoms with E-state index in [1.807, 2.05) is 43.3 Å². The van der Waals surface area contributed by atoms with Crippen LogP contribution in [0, 0.1) is 11.3 Å². The van der Waals surface area contributed by atoms with Gasteiger partial charge in [0, 0.05) is 5.92 Å². The van der Waals surface area contributed by atoms with Gasteiger partial charge in [0.25, 0.3) is 8.32 Å². The van der Waals surface area contributed by atoms with Crippen LogP contribution in [0.3, 0.4) is 0 Å². The van der Waals surface area contributed by atoms with E-state index in [-0.39, 0.29) is 23.5 Å². The van der Waals surface area contributed by atoms with E-state index in [4.69, 9.17) is 4.43 Å². The number of hydrogen-bond acceptors (Lipinski definition) is 3. The average molecular weight is 427 g/mol. The zero-order chi connectivity index (χ0) is 22.2. The number of rotatable bonds is 5. The first-order valence-electron chi connectivity index (χ1n) is 10.7. The van der Waals surface area contributed by atoms with E-state index in [9.17, 15) is 15.0 Å². The molecule has 0 saturated heterocycles. The molecule has 0 bridgehead atoms. The summed E-state index contributed by atoms with van der Waals surface area (Å²) in [4.78, 5) is 12.0. The highest BCUT2D eigenvalue weighted by Gasteiger charge is 2.55. The van der Waals surface area contributed by atoms with Crippen molar-refractivity contribution in [3.63, 3.8) is 0 Å². The van der Waals surface area contributed by atoms with Crippen molar-refractivity contribution >= 4 is 24.7 Å². The van der Waals surface area contributed by atoms with Gasteiger partial charge in [-0.1, -0.05) is 88.4 Å². The van der Waals surface area contributed by atoms with Crippen LogP contribution in [0.4, 0.5) is 0 Å². The van der Waals surface area contributed by atoms with Gasteiger partial charge in [0.15, 0.2) is 0 Å². The second kappa shape index (κ2) is 8.29. The van der Waals surface area contributed by atoms with Gasteiger partial charge in [0.05, 0.1) is 17.6 Å². The Morgan fingerprint density at radius 2 is 1.47 bits per heavy atom. The van der Waals surface area contributed by atoms with Crippen molar-refractivity contribution in [2.24, 2.45) is 11.3 Å². The van der Waals surface area contributed by atoms with Crippen molar-refractivity contribution in [1.29, 1.82) is 0 Å². The zero-order valence-corrected chi connectivity index (χ0v) is 19.6. The van der Waals surface area contributed by atoms with Crippen LogP contribution < -0.4 is 10.4 Å². The maximum absolute atomic E-state index is 12.0. The molecule has 3 rings (SSSR count). The van der Waals surface area contributed by atoms with Crippen molar-refractivity contribution in [2.75, 3.05) is 0 Å². The molecule has 2 aromatic carbocycles. The topological polar surface area (TPSA) is 66.8 Å². The van der Waals surface area contributed by atoms with E-state index in [0.29, 0.717) is 6.42 Å². The quantitative estimate of drug-likeness (QED) is 0.714. The minimum atomic E-state index is -2.81. The lowest BCUT2D eigenvalue weighted by molar-refractivity contribution is -0.158. The third-order valence-electron chi connectivity index (χ3n) is 6.77. The number of hydrogen-bond donors (Lipinski definition) is 2. The summed E-state index contributed by atoms with van der Waals surface area (Å²) in [6, 6.07) is 20.7.